The van der Waals surface area contributed by atoms with Crippen molar-refractivity contribution in [1.29, 1.82) is 0 Å². The summed E-state index contributed by atoms with van der Waals surface area (Å²) in [6.07, 6.45) is 0.931. The lowest BCUT2D eigenvalue weighted by Gasteiger charge is -2.11. The third kappa shape index (κ3) is 2.52. The quantitative estimate of drug-likeness (QED) is 0.734. The van der Waals surface area contributed by atoms with E-state index in [1.165, 1.54) is 18.7 Å². The molecule has 0 spiro atoms. The summed E-state index contributed by atoms with van der Waals surface area (Å²) < 4.78 is 18.6. The topological polar surface area (TPSA) is 9.23 Å². The Morgan fingerprint density at radius 2 is 2.17 bits per heavy atom. The number of halogens is 2. The molecule has 18 heavy (non-hydrogen) atoms. The summed E-state index contributed by atoms with van der Waals surface area (Å²) in [6.45, 7) is 2.09. The predicted molar refractivity (Wildman–Crippen MR) is 74.3 cm³/mol. The van der Waals surface area contributed by atoms with Gasteiger partial charge in [-0.15, -0.1) is 22.9 Å². The van der Waals surface area contributed by atoms with Crippen LogP contribution in [0.4, 0.5) is 4.39 Å². The van der Waals surface area contributed by atoms with Crippen LogP contribution >= 0.6 is 22.9 Å². The third-order valence-corrected chi connectivity index (χ3v) is 4.48. The Morgan fingerprint density at radius 1 is 1.39 bits per heavy atom. The zero-order chi connectivity index (χ0) is 13.1. The molecule has 0 aliphatic carbocycles. The second kappa shape index (κ2) is 5.72. The predicted octanol–water partition coefficient (Wildman–Crippen LogP) is 4.79. The maximum absolute atomic E-state index is 13.7. The molecule has 0 fully saturated rings. The summed E-state index contributed by atoms with van der Waals surface area (Å²) in [5.41, 5.74) is 1.98. The average molecular weight is 285 g/mol. The van der Waals surface area contributed by atoms with Crippen molar-refractivity contribution in [1.82, 2.24) is 0 Å². The molecule has 0 radical (unpaired) electrons. The van der Waals surface area contributed by atoms with Gasteiger partial charge in [-0.1, -0.05) is 13.0 Å². The molecule has 0 N–H and O–H groups in total. The molecule has 0 amide bonds. The summed E-state index contributed by atoms with van der Waals surface area (Å²) >= 11 is 8.03. The number of hydrogen-bond donors (Lipinski definition) is 0. The van der Waals surface area contributed by atoms with Gasteiger partial charge in [0.15, 0.2) is 11.6 Å². The monoisotopic (exact) mass is 284 g/mol. The van der Waals surface area contributed by atoms with E-state index in [4.69, 9.17) is 16.3 Å². The molecule has 0 saturated heterocycles. The van der Waals surface area contributed by atoms with E-state index in [9.17, 15) is 4.39 Å². The Morgan fingerprint density at radius 3 is 2.78 bits per heavy atom. The standard InChI is InChI=1S/C14H14ClFOS/c1-3-9-6-7-18-14(9)13(15)10-4-5-12(17-2)11(16)8-10/h4-8,13H,3H2,1-2H3. The van der Waals surface area contributed by atoms with Crippen molar-refractivity contribution in [3.05, 3.63) is 51.5 Å². The second-order valence-corrected chi connectivity index (χ2v) is 5.30. The normalized spacial score (nSPS) is 12.4. The number of benzene rings is 1. The molecular weight excluding hydrogens is 271 g/mol. The third-order valence-electron chi connectivity index (χ3n) is 2.86. The van der Waals surface area contributed by atoms with Crippen molar-refractivity contribution in [2.75, 3.05) is 7.11 Å². The molecular formula is C14H14ClFOS. The lowest BCUT2D eigenvalue weighted by atomic mass is 10.1. The molecule has 96 valence electrons. The first-order valence-corrected chi connectivity index (χ1v) is 7.02. The number of rotatable bonds is 4. The highest BCUT2D eigenvalue weighted by Gasteiger charge is 2.17. The molecule has 2 aromatic rings. The Balaban J connectivity index is 2.34. The van der Waals surface area contributed by atoms with Crippen molar-refractivity contribution in [2.24, 2.45) is 0 Å². The molecule has 4 heteroatoms. The highest BCUT2D eigenvalue weighted by Crippen LogP contribution is 2.36. The van der Waals surface area contributed by atoms with Crippen LogP contribution < -0.4 is 4.74 Å². The van der Waals surface area contributed by atoms with Crippen LogP contribution in [0.15, 0.2) is 29.6 Å². The van der Waals surface area contributed by atoms with E-state index in [1.54, 1.807) is 23.5 Å². The molecule has 1 unspecified atom stereocenters. The summed E-state index contributed by atoms with van der Waals surface area (Å²) in [5.74, 6) is -0.139. The maximum atomic E-state index is 13.7. The van der Waals surface area contributed by atoms with Gasteiger partial charge >= 0.3 is 0 Å². The first kappa shape index (κ1) is 13.4. The number of thiophene rings is 1. The van der Waals surface area contributed by atoms with Gasteiger partial charge < -0.3 is 4.74 Å². The SMILES string of the molecule is CCc1ccsc1C(Cl)c1ccc(OC)c(F)c1. The number of ether oxygens (including phenoxy) is 1. The fourth-order valence-electron chi connectivity index (χ4n) is 1.85. The Kier molecular flexibility index (Phi) is 4.25. The Hall–Kier alpha value is -1.06. The Bertz CT molecular complexity index is 538. The van der Waals surface area contributed by atoms with E-state index in [0.29, 0.717) is 0 Å². The zero-order valence-corrected chi connectivity index (χ0v) is 11.8. The van der Waals surface area contributed by atoms with Gasteiger partial charge in [-0.2, -0.15) is 0 Å². The van der Waals surface area contributed by atoms with Crippen LogP contribution in [0.2, 0.25) is 0 Å². The van der Waals surface area contributed by atoms with Crippen LogP contribution in [0, 0.1) is 5.82 Å². The number of hydrogen-bond acceptors (Lipinski definition) is 2. The van der Waals surface area contributed by atoms with E-state index in [0.717, 1.165) is 16.9 Å². The van der Waals surface area contributed by atoms with Crippen molar-refractivity contribution in [2.45, 2.75) is 18.7 Å². The van der Waals surface area contributed by atoms with Gasteiger partial charge in [-0.05, 0) is 41.1 Å². The van der Waals surface area contributed by atoms with Crippen molar-refractivity contribution < 1.29 is 9.13 Å². The fraction of sp³-hybridized carbons (Fsp3) is 0.286. The minimum Gasteiger partial charge on any atom is -0.494 e. The van der Waals surface area contributed by atoms with Crippen molar-refractivity contribution in [3.63, 3.8) is 0 Å². The molecule has 0 saturated carbocycles. The van der Waals surface area contributed by atoms with Gasteiger partial charge in [0.1, 0.15) is 0 Å². The number of alkyl halides is 1. The van der Waals surface area contributed by atoms with Gasteiger partial charge in [0.25, 0.3) is 0 Å². The highest BCUT2D eigenvalue weighted by atomic mass is 35.5. The minimum atomic E-state index is -0.379. The van der Waals surface area contributed by atoms with E-state index in [-0.39, 0.29) is 16.9 Å². The average Bonchev–Trinajstić information content (AvgIpc) is 2.86. The lowest BCUT2D eigenvalue weighted by molar-refractivity contribution is 0.386. The van der Waals surface area contributed by atoms with Crippen LogP contribution in [0.25, 0.3) is 0 Å². The summed E-state index contributed by atoms with van der Waals surface area (Å²) in [4.78, 5) is 1.09. The van der Waals surface area contributed by atoms with Crippen LogP contribution in [0.1, 0.15) is 28.3 Å². The summed E-state index contributed by atoms with van der Waals surface area (Å²) in [5, 5.41) is 1.71. The van der Waals surface area contributed by atoms with Crippen molar-refractivity contribution >= 4 is 22.9 Å². The van der Waals surface area contributed by atoms with Crippen LogP contribution in [-0.2, 0) is 6.42 Å². The smallest absolute Gasteiger partial charge is 0.165 e. The molecule has 0 bridgehead atoms. The number of methoxy groups -OCH3 is 1. The molecule has 1 aromatic heterocycles. The highest BCUT2D eigenvalue weighted by molar-refractivity contribution is 7.10. The second-order valence-electron chi connectivity index (χ2n) is 3.92. The van der Waals surface area contributed by atoms with E-state index < -0.39 is 0 Å². The zero-order valence-electron chi connectivity index (χ0n) is 10.2. The van der Waals surface area contributed by atoms with Gasteiger partial charge in [0.2, 0.25) is 0 Å². The number of aryl methyl sites for hydroxylation is 1. The first-order valence-electron chi connectivity index (χ1n) is 5.71. The molecule has 1 atom stereocenters. The van der Waals surface area contributed by atoms with Crippen molar-refractivity contribution in [3.8, 4) is 5.75 Å². The minimum absolute atomic E-state index is 0.240. The van der Waals surface area contributed by atoms with Gasteiger partial charge in [0.05, 0.1) is 12.5 Å². The van der Waals surface area contributed by atoms with Gasteiger partial charge in [0, 0.05) is 4.88 Å². The molecule has 1 nitrogen and oxygen atoms in total. The summed E-state index contributed by atoms with van der Waals surface area (Å²) in [6, 6.07) is 6.92. The molecule has 1 aromatic carbocycles. The Labute approximate surface area is 115 Å². The molecule has 2 rings (SSSR count). The van der Waals surface area contributed by atoms with Crippen LogP contribution in [0.3, 0.4) is 0 Å². The van der Waals surface area contributed by atoms with Crippen LogP contribution in [0.5, 0.6) is 5.75 Å². The van der Waals surface area contributed by atoms with Gasteiger partial charge in [-0.25, -0.2) is 4.39 Å². The largest absolute Gasteiger partial charge is 0.494 e. The van der Waals surface area contributed by atoms with E-state index in [1.807, 2.05) is 5.38 Å². The lowest BCUT2D eigenvalue weighted by Crippen LogP contribution is -1.96. The van der Waals surface area contributed by atoms with E-state index >= 15 is 0 Å². The summed E-state index contributed by atoms with van der Waals surface area (Å²) in [7, 11) is 1.45. The molecule has 1 heterocycles. The van der Waals surface area contributed by atoms with Crippen LogP contribution in [-0.4, -0.2) is 7.11 Å². The maximum Gasteiger partial charge on any atom is 0.165 e. The fourth-order valence-corrected chi connectivity index (χ4v) is 3.28. The molecule has 0 aliphatic rings. The molecule has 0 aliphatic heterocycles. The first-order chi connectivity index (χ1) is 8.67. The van der Waals surface area contributed by atoms with E-state index in [2.05, 4.69) is 13.0 Å². The van der Waals surface area contributed by atoms with Gasteiger partial charge in [-0.3, -0.25) is 0 Å².